The largest absolute Gasteiger partial charge is 0.219 e. The summed E-state index contributed by atoms with van der Waals surface area (Å²) in [4.78, 5) is 12.0. The molecule has 0 spiro atoms. The highest BCUT2D eigenvalue weighted by molar-refractivity contribution is 5.23. The van der Waals surface area contributed by atoms with Crippen LogP contribution in [-0.4, -0.2) is 15.0 Å². The number of hydrogen-bond acceptors (Lipinski definition) is 3. The molecule has 4 rings (SSSR count). The summed E-state index contributed by atoms with van der Waals surface area (Å²) in [6.07, 6.45) is 0. The van der Waals surface area contributed by atoms with Gasteiger partial charge in [0.1, 0.15) is 17.5 Å². The lowest BCUT2D eigenvalue weighted by Crippen LogP contribution is -1.97. The maximum Gasteiger partial charge on any atom is 0.129 e. The van der Waals surface area contributed by atoms with Crippen LogP contribution in [0.25, 0.3) is 0 Å². The van der Waals surface area contributed by atoms with Gasteiger partial charge in [-0.3, -0.25) is 0 Å². The Hall–Kier alpha value is -3.33. The molecule has 174 valence electrons. The van der Waals surface area contributed by atoms with Crippen molar-refractivity contribution in [1.82, 2.24) is 15.0 Å². The van der Waals surface area contributed by atoms with Crippen LogP contribution in [-0.2, 0) is 0 Å². The minimum Gasteiger partial charge on any atom is -0.219 e. The molecule has 0 aliphatic rings. The van der Waals surface area contributed by atoms with Crippen molar-refractivity contribution in [3.63, 3.8) is 0 Å². The van der Waals surface area contributed by atoms with Gasteiger partial charge in [-0.25, -0.2) is 15.0 Å². The number of nitrogens with zero attached hydrogens (tertiary/aromatic N) is 3. The quantitative estimate of drug-likeness (QED) is 0.280. The van der Waals surface area contributed by atoms with E-state index in [1.54, 1.807) is 0 Å². The maximum atomic E-state index is 4.01. The first kappa shape index (κ1) is 27.7. The number of benzene rings is 3. The van der Waals surface area contributed by atoms with E-state index in [1.165, 1.54) is 33.4 Å². The fraction of sp³-hybridized carbons (Fsp3) is 0.300. The Morgan fingerprint density at radius 3 is 0.939 bits per heavy atom. The summed E-state index contributed by atoms with van der Waals surface area (Å²) in [7, 11) is 0. The zero-order valence-corrected chi connectivity index (χ0v) is 21.8. The fourth-order valence-electron chi connectivity index (χ4n) is 2.88. The van der Waals surface area contributed by atoms with Crippen LogP contribution in [0.5, 0.6) is 0 Å². The molecule has 0 bridgehead atoms. The van der Waals surface area contributed by atoms with Gasteiger partial charge in [-0.05, 0) is 73.4 Å². The van der Waals surface area contributed by atoms with Crippen LogP contribution in [0.4, 0.5) is 0 Å². The molecule has 33 heavy (non-hydrogen) atoms. The molecule has 0 aliphatic carbocycles. The van der Waals surface area contributed by atoms with Crippen LogP contribution in [0.3, 0.4) is 0 Å². The monoisotopic (exact) mass is 441 g/mol. The van der Waals surface area contributed by atoms with Crippen LogP contribution in [0, 0.1) is 62.3 Å². The molecule has 0 aliphatic heterocycles. The summed E-state index contributed by atoms with van der Waals surface area (Å²) < 4.78 is 0. The van der Waals surface area contributed by atoms with E-state index in [9.17, 15) is 0 Å². The lowest BCUT2D eigenvalue weighted by molar-refractivity contribution is 0.875. The predicted octanol–water partition coefficient (Wildman–Crippen LogP) is 7.71. The van der Waals surface area contributed by atoms with Gasteiger partial charge in [-0.15, -0.1) is 0 Å². The lowest BCUT2D eigenvalue weighted by Gasteiger charge is -1.94. The highest BCUT2D eigenvalue weighted by Gasteiger charge is 1.91. The van der Waals surface area contributed by atoms with Crippen molar-refractivity contribution < 1.29 is 0 Å². The normalized spacial score (nSPS) is 9.36. The number of rotatable bonds is 0. The van der Waals surface area contributed by atoms with Gasteiger partial charge < -0.3 is 0 Å². The van der Waals surface area contributed by atoms with Crippen LogP contribution in [0.1, 0.15) is 50.9 Å². The Balaban J connectivity index is 0.000000220. The molecule has 1 heterocycles. The molecule has 0 fully saturated rings. The molecule has 1 aromatic heterocycles. The first-order valence-corrected chi connectivity index (χ1v) is 11.3. The molecule has 0 saturated carbocycles. The first-order valence-electron chi connectivity index (χ1n) is 11.3. The van der Waals surface area contributed by atoms with E-state index in [-0.39, 0.29) is 0 Å². The smallest absolute Gasteiger partial charge is 0.129 e. The summed E-state index contributed by atoms with van der Waals surface area (Å²) in [5.41, 5.74) is 8.07. The van der Waals surface area contributed by atoms with Crippen molar-refractivity contribution in [2.45, 2.75) is 62.3 Å². The second-order valence-corrected chi connectivity index (χ2v) is 8.37. The zero-order valence-electron chi connectivity index (χ0n) is 21.8. The van der Waals surface area contributed by atoms with Gasteiger partial charge in [0, 0.05) is 0 Å². The Labute approximate surface area is 201 Å². The van der Waals surface area contributed by atoms with Crippen LogP contribution in [0.15, 0.2) is 72.8 Å². The van der Waals surface area contributed by atoms with E-state index in [4.69, 9.17) is 0 Å². The number of hydrogen-bond donors (Lipinski definition) is 0. The van der Waals surface area contributed by atoms with Gasteiger partial charge >= 0.3 is 0 Å². The molecule has 3 aromatic carbocycles. The summed E-state index contributed by atoms with van der Waals surface area (Å²) in [5.74, 6) is 2.38. The van der Waals surface area contributed by atoms with Crippen molar-refractivity contribution in [1.29, 1.82) is 0 Å². The van der Waals surface area contributed by atoms with E-state index < -0.39 is 0 Å². The van der Waals surface area contributed by atoms with Gasteiger partial charge in [0.2, 0.25) is 0 Å². The number of aromatic nitrogens is 3. The molecule has 0 unspecified atom stereocenters. The summed E-state index contributed by atoms with van der Waals surface area (Å²) in [6.45, 7) is 18.2. The fourth-order valence-corrected chi connectivity index (χ4v) is 2.88. The molecule has 0 atom stereocenters. The second kappa shape index (κ2) is 14.7. The topological polar surface area (TPSA) is 38.7 Å². The summed E-state index contributed by atoms with van der Waals surface area (Å²) in [5, 5.41) is 0. The SMILES string of the molecule is Cc1ccc(C)cc1.Cc1cccc(C)c1.Cc1ccccc1C.Cc1nc(C)nc(C)n1. The minimum absolute atomic E-state index is 0.792. The molecule has 0 amide bonds. The summed E-state index contributed by atoms with van der Waals surface area (Å²) in [6, 6.07) is 25.3. The van der Waals surface area contributed by atoms with E-state index in [0.717, 1.165) is 17.5 Å². The minimum atomic E-state index is 0.792. The van der Waals surface area contributed by atoms with Crippen molar-refractivity contribution in [2.75, 3.05) is 0 Å². The molecule has 4 aromatic rings. The molecule has 0 radical (unpaired) electrons. The third-order valence-electron chi connectivity index (χ3n) is 4.79. The van der Waals surface area contributed by atoms with Crippen molar-refractivity contribution in [3.8, 4) is 0 Å². The highest BCUT2D eigenvalue weighted by atomic mass is 15.0. The van der Waals surface area contributed by atoms with E-state index in [0.29, 0.717) is 0 Å². The maximum absolute atomic E-state index is 4.01. The average molecular weight is 442 g/mol. The molecular weight excluding hydrogens is 402 g/mol. The Morgan fingerprint density at radius 2 is 0.697 bits per heavy atom. The Bertz CT molecular complexity index is 990. The Morgan fingerprint density at radius 1 is 0.364 bits per heavy atom. The third-order valence-corrected chi connectivity index (χ3v) is 4.79. The Kier molecular flexibility index (Phi) is 12.3. The van der Waals surface area contributed by atoms with Crippen molar-refractivity contribution in [3.05, 3.63) is 124 Å². The highest BCUT2D eigenvalue weighted by Crippen LogP contribution is 2.03. The second-order valence-electron chi connectivity index (χ2n) is 8.37. The van der Waals surface area contributed by atoms with Gasteiger partial charge in [-0.1, -0.05) is 95.1 Å². The first-order chi connectivity index (χ1) is 15.6. The average Bonchev–Trinajstić information content (AvgIpc) is 2.73. The van der Waals surface area contributed by atoms with Crippen LogP contribution in [0.2, 0.25) is 0 Å². The van der Waals surface area contributed by atoms with Crippen LogP contribution >= 0.6 is 0 Å². The molecule has 0 N–H and O–H groups in total. The van der Waals surface area contributed by atoms with E-state index in [2.05, 4.69) is 129 Å². The predicted molar refractivity (Wildman–Crippen MR) is 142 cm³/mol. The van der Waals surface area contributed by atoms with Crippen molar-refractivity contribution in [2.24, 2.45) is 0 Å². The molecule has 3 heteroatoms. The summed E-state index contributed by atoms with van der Waals surface area (Å²) >= 11 is 0. The van der Waals surface area contributed by atoms with Gasteiger partial charge in [-0.2, -0.15) is 0 Å². The van der Waals surface area contributed by atoms with E-state index >= 15 is 0 Å². The molecule has 3 nitrogen and oxygen atoms in total. The van der Waals surface area contributed by atoms with E-state index in [1.807, 2.05) is 20.8 Å². The standard InChI is InChI=1S/3C8H10.C6H9N3/c1-7-3-5-8(2)6-4-7;1-7-4-3-5-8(2)6-7;1-7-5-3-4-6-8(7)2;1-4-7-5(2)9-6(3)8-4/h3*3-6H,1-2H3;1-3H3. The van der Waals surface area contributed by atoms with Gasteiger partial charge in [0.15, 0.2) is 0 Å². The third kappa shape index (κ3) is 13.0. The molecule has 0 saturated heterocycles. The zero-order chi connectivity index (χ0) is 24.8. The number of aryl methyl sites for hydroxylation is 9. The van der Waals surface area contributed by atoms with Crippen LogP contribution < -0.4 is 0 Å². The lowest BCUT2D eigenvalue weighted by atomic mass is 10.1. The molecular formula is C30H39N3. The van der Waals surface area contributed by atoms with Crippen molar-refractivity contribution >= 4 is 0 Å². The van der Waals surface area contributed by atoms with Gasteiger partial charge in [0.05, 0.1) is 0 Å². The van der Waals surface area contributed by atoms with Gasteiger partial charge in [0.25, 0.3) is 0 Å².